The van der Waals surface area contributed by atoms with Gasteiger partial charge in [-0.1, -0.05) is 11.8 Å². The number of nitrogens with zero attached hydrogens (tertiary/aromatic N) is 4. The van der Waals surface area contributed by atoms with Crippen molar-refractivity contribution in [2.45, 2.75) is 38.5 Å². The van der Waals surface area contributed by atoms with Crippen molar-refractivity contribution in [3.05, 3.63) is 33.8 Å². The number of nitrogen functional groups attached to an aromatic ring is 1. The number of hydrogen-bond donors (Lipinski definition) is 1. The van der Waals surface area contributed by atoms with Gasteiger partial charge >= 0.3 is 5.97 Å². The lowest BCUT2D eigenvalue weighted by Gasteiger charge is -2.04. The van der Waals surface area contributed by atoms with Gasteiger partial charge in [-0.05, 0) is 39.3 Å². The lowest BCUT2D eigenvalue weighted by molar-refractivity contribution is 0.0531. The molecule has 0 aliphatic heterocycles. The van der Waals surface area contributed by atoms with Crippen LogP contribution in [0, 0.1) is 20.8 Å². The molecular weight excluding hydrogens is 370 g/mol. The quantitative estimate of drug-likeness (QED) is 0.402. The van der Waals surface area contributed by atoms with E-state index in [2.05, 4.69) is 19.9 Å². The van der Waals surface area contributed by atoms with Crippen LogP contribution in [-0.2, 0) is 10.5 Å². The average molecular weight is 390 g/mol. The maximum absolute atomic E-state index is 12.1. The number of fused-ring (bicyclic) bond motifs is 1. The van der Waals surface area contributed by atoms with E-state index in [1.807, 2.05) is 26.8 Å². The second-order valence-corrected chi connectivity index (χ2v) is 7.66. The van der Waals surface area contributed by atoms with E-state index in [0.717, 1.165) is 27.5 Å². The molecule has 0 amide bonds. The first-order valence-electron chi connectivity index (χ1n) is 8.06. The van der Waals surface area contributed by atoms with Crippen LogP contribution in [0.4, 0.5) is 5.82 Å². The Morgan fingerprint density at radius 2 is 2.00 bits per heavy atom. The van der Waals surface area contributed by atoms with Crippen molar-refractivity contribution in [3.8, 4) is 0 Å². The van der Waals surface area contributed by atoms with Gasteiger partial charge < -0.3 is 10.5 Å². The van der Waals surface area contributed by atoms with Gasteiger partial charge in [0.15, 0.2) is 0 Å². The molecule has 0 aliphatic rings. The predicted molar refractivity (Wildman–Crippen MR) is 104 cm³/mol. The second-order valence-electron chi connectivity index (χ2n) is 5.67. The number of carbonyl (C=O) groups excluding carboxylic acids is 1. The predicted octanol–water partition coefficient (Wildman–Crippen LogP) is 3.46. The first kappa shape index (κ1) is 18.5. The number of carbonyl (C=O) groups is 1. The maximum Gasteiger partial charge on any atom is 0.348 e. The standard InChI is InChI=1S/C17H19N5O2S2/c1-5-24-17(23)14-9(3)13-15(18)21-11(22-16(13)26-14)7-25-12-6-8(2)19-10(4)20-12/h6H,5,7H2,1-4H3,(H2,18,21,22). The highest BCUT2D eigenvalue weighted by Gasteiger charge is 2.20. The summed E-state index contributed by atoms with van der Waals surface area (Å²) in [5, 5.41) is 1.59. The molecule has 0 bridgehead atoms. The molecule has 0 unspecified atom stereocenters. The molecule has 0 radical (unpaired) electrons. The summed E-state index contributed by atoms with van der Waals surface area (Å²) in [7, 11) is 0. The topological polar surface area (TPSA) is 104 Å². The summed E-state index contributed by atoms with van der Waals surface area (Å²) in [6.45, 7) is 7.74. The zero-order valence-corrected chi connectivity index (χ0v) is 16.6. The van der Waals surface area contributed by atoms with Gasteiger partial charge in [-0.25, -0.2) is 24.7 Å². The highest BCUT2D eigenvalue weighted by atomic mass is 32.2. The lowest BCUT2D eigenvalue weighted by atomic mass is 10.2. The van der Waals surface area contributed by atoms with Gasteiger partial charge in [0.05, 0.1) is 17.7 Å². The number of rotatable bonds is 5. The molecule has 0 fully saturated rings. The Balaban J connectivity index is 1.89. The van der Waals surface area contributed by atoms with E-state index in [1.165, 1.54) is 23.1 Å². The number of nitrogens with two attached hydrogens (primary N) is 1. The van der Waals surface area contributed by atoms with Crippen LogP contribution in [0.2, 0.25) is 0 Å². The number of anilines is 1. The van der Waals surface area contributed by atoms with E-state index in [0.29, 0.717) is 33.7 Å². The first-order valence-corrected chi connectivity index (χ1v) is 9.87. The number of thiophene rings is 1. The zero-order chi connectivity index (χ0) is 18.8. The van der Waals surface area contributed by atoms with Gasteiger partial charge in [0.25, 0.3) is 0 Å². The summed E-state index contributed by atoms with van der Waals surface area (Å²) >= 11 is 2.81. The fourth-order valence-corrected chi connectivity index (χ4v) is 4.53. The van der Waals surface area contributed by atoms with Crippen molar-refractivity contribution in [3.63, 3.8) is 0 Å². The van der Waals surface area contributed by atoms with Crippen LogP contribution in [0.3, 0.4) is 0 Å². The molecule has 0 saturated carbocycles. The van der Waals surface area contributed by atoms with Crippen LogP contribution in [-0.4, -0.2) is 32.5 Å². The molecule has 0 spiro atoms. The molecule has 0 aromatic carbocycles. The average Bonchev–Trinajstić information content (AvgIpc) is 2.90. The van der Waals surface area contributed by atoms with E-state index in [9.17, 15) is 4.79 Å². The fraction of sp³-hybridized carbons (Fsp3) is 0.353. The first-order chi connectivity index (χ1) is 12.4. The molecule has 2 N–H and O–H groups in total. The Kier molecular flexibility index (Phi) is 5.38. The summed E-state index contributed by atoms with van der Waals surface area (Å²) in [5.41, 5.74) is 7.82. The van der Waals surface area contributed by atoms with Gasteiger partial charge in [-0.15, -0.1) is 11.3 Å². The van der Waals surface area contributed by atoms with Crippen molar-refractivity contribution in [2.75, 3.05) is 12.3 Å². The molecule has 3 aromatic rings. The minimum atomic E-state index is -0.352. The molecule has 3 rings (SSSR count). The van der Waals surface area contributed by atoms with Gasteiger partial charge in [0.1, 0.15) is 32.2 Å². The Morgan fingerprint density at radius 3 is 2.69 bits per heavy atom. The number of esters is 1. The third kappa shape index (κ3) is 3.78. The molecule has 3 aromatic heterocycles. The summed E-state index contributed by atoms with van der Waals surface area (Å²) in [6.07, 6.45) is 0. The number of thioether (sulfide) groups is 1. The molecule has 0 aliphatic carbocycles. The summed E-state index contributed by atoms with van der Waals surface area (Å²) < 4.78 is 5.10. The Hall–Kier alpha value is -2.26. The summed E-state index contributed by atoms with van der Waals surface area (Å²) in [5.74, 6) is 1.89. The van der Waals surface area contributed by atoms with Gasteiger partial charge in [0.2, 0.25) is 0 Å². The molecule has 136 valence electrons. The highest BCUT2D eigenvalue weighted by molar-refractivity contribution is 7.98. The fourth-order valence-electron chi connectivity index (χ4n) is 2.57. The SMILES string of the molecule is CCOC(=O)c1sc2nc(CSc3cc(C)nc(C)n3)nc(N)c2c1C. The van der Waals surface area contributed by atoms with Crippen LogP contribution >= 0.6 is 23.1 Å². The Bertz CT molecular complexity index is 967. The molecule has 3 heterocycles. The third-order valence-electron chi connectivity index (χ3n) is 3.62. The van der Waals surface area contributed by atoms with Crippen molar-refractivity contribution in [1.82, 2.24) is 19.9 Å². The van der Waals surface area contributed by atoms with Crippen molar-refractivity contribution in [2.24, 2.45) is 0 Å². The third-order valence-corrected chi connectivity index (χ3v) is 5.69. The van der Waals surface area contributed by atoms with Crippen LogP contribution < -0.4 is 5.73 Å². The van der Waals surface area contributed by atoms with Crippen LogP contribution in [0.1, 0.15) is 39.5 Å². The van der Waals surface area contributed by atoms with Crippen molar-refractivity contribution < 1.29 is 9.53 Å². The van der Waals surface area contributed by atoms with Crippen molar-refractivity contribution in [1.29, 1.82) is 0 Å². The monoisotopic (exact) mass is 389 g/mol. The zero-order valence-electron chi connectivity index (χ0n) is 15.0. The number of ether oxygens (including phenoxy) is 1. The van der Waals surface area contributed by atoms with Gasteiger partial charge in [0, 0.05) is 5.69 Å². The van der Waals surface area contributed by atoms with Gasteiger partial charge in [-0.3, -0.25) is 0 Å². The summed E-state index contributed by atoms with van der Waals surface area (Å²) in [4.78, 5) is 31.0. The lowest BCUT2D eigenvalue weighted by Crippen LogP contribution is -2.04. The normalized spacial score (nSPS) is 11.1. The minimum absolute atomic E-state index is 0.327. The molecule has 0 saturated heterocycles. The van der Waals surface area contributed by atoms with E-state index in [4.69, 9.17) is 10.5 Å². The van der Waals surface area contributed by atoms with Crippen LogP contribution in [0.25, 0.3) is 10.2 Å². The summed E-state index contributed by atoms with van der Waals surface area (Å²) in [6, 6.07) is 1.92. The minimum Gasteiger partial charge on any atom is -0.462 e. The Labute approximate surface area is 159 Å². The molecule has 0 atom stereocenters. The Morgan fingerprint density at radius 1 is 1.23 bits per heavy atom. The van der Waals surface area contributed by atoms with E-state index in [-0.39, 0.29) is 5.97 Å². The molecule has 26 heavy (non-hydrogen) atoms. The molecule has 7 nitrogen and oxygen atoms in total. The molecule has 9 heteroatoms. The smallest absolute Gasteiger partial charge is 0.348 e. The maximum atomic E-state index is 12.1. The van der Waals surface area contributed by atoms with E-state index < -0.39 is 0 Å². The van der Waals surface area contributed by atoms with Gasteiger partial charge in [-0.2, -0.15) is 0 Å². The largest absolute Gasteiger partial charge is 0.462 e. The second kappa shape index (κ2) is 7.55. The van der Waals surface area contributed by atoms with Crippen molar-refractivity contribution >= 4 is 45.1 Å². The van der Waals surface area contributed by atoms with E-state index >= 15 is 0 Å². The highest BCUT2D eigenvalue weighted by Crippen LogP contribution is 2.34. The number of hydrogen-bond acceptors (Lipinski definition) is 9. The molecular formula is C17H19N5O2S2. The van der Waals surface area contributed by atoms with Crippen LogP contribution in [0.5, 0.6) is 0 Å². The van der Waals surface area contributed by atoms with Crippen LogP contribution in [0.15, 0.2) is 11.1 Å². The number of aromatic nitrogens is 4. The van der Waals surface area contributed by atoms with E-state index in [1.54, 1.807) is 6.92 Å². The number of aryl methyl sites for hydroxylation is 3.